The maximum absolute atomic E-state index is 12.5. The molecule has 1 aromatic carbocycles. The number of hydrazone groups is 2. The van der Waals surface area contributed by atoms with Crippen LogP contribution in [-0.2, 0) is 6.18 Å². The molecule has 0 aliphatic carbocycles. The van der Waals surface area contributed by atoms with Gasteiger partial charge in [-0.15, -0.1) is 5.10 Å². The van der Waals surface area contributed by atoms with Gasteiger partial charge in [0.2, 0.25) is 5.96 Å². The van der Waals surface area contributed by atoms with Gasteiger partial charge in [0.1, 0.15) is 0 Å². The minimum Gasteiger partial charge on any atom is -0.367 e. The Morgan fingerprint density at radius 3 is 2.53 bits per heavy atom. The number of hydrogen-bond acceptors (Lipinski definition) is 3. The molecule has 1 rings (SSSR count). The second-order valence-electron chi connectivity index (χ2n) is 2.97. The monoisotopic (exact) mass is 245 g/mol. The normalized spacial score (nSPS) is 13.0. The molecule has 0 saturated heterocycles. The van der Waals surface area contributed by atoms with Crippen molar-refractivity contribution in [2.75, 3.05) is 0 Å². The van der Waals surface area contributed by atoms with Gasteiger partial charge in [-0.1, -0.05) is 18.2 Å². The van der Waals surface area contributed by atoms with Gasteiger partial charge in [0.15, 0.2) is 0 Å². The molecule has 5 N–H and O–H groups in total. The van der Waals surface area contributed by atoms with Crippen LogP contribution in [0.4, 0.5) is 13.2 Å². The van der Waals surface area contributed by atoms with Crippen LogP contribution in [0.2, 0.25) is 0 Å². The summed E-state index contributed by atoms with van der Waals surface area (Å²) >= 11 is 0. The SMILES string of the molecule is NN=C(N)N/N=C/c1ccccc1C(F)(F)F. The van der Waals surface area contributed by atoms with Gasteiger partial charge in [-0.2, -0.15) is 18.3 Å². The minimum absolute atomic E-state index is 0.0858. The highest BCUT2D eigenvalue weighted by atomic mass is 19.4. The minimum atomic E-state index is -4.43. The number of benzene rings is 1. The second kappa shape index (κ2) is 5.19. The molecule has 8 heteroatoms. The van der Waals surface area contributed by atoms with Crippen molar-refractivity contribution in [2.45, 2.75) is 6.18 Å². The third-order valence-electron chi connectivity index (χ3n) is 1.79. The Labute approximate surface area is 95.0 Å². The van der Waals surface area contributed by atoms with Crippen LogP contribution in [0.3, 0.4) is 0 Å². The molecule has 0 aromatic heterocycles. The maximum Gasteiger partial charge on any atom is 0.417 e. The molecule has 0 fully saturated rings. The van der Waals surface area contributed by atoms with E-state index >= 15 is 0 Å². The molecule has 92 valence electrons. The highest BCUT2D eigenvalue weighted by Gasteiger charge is 2.32. The Morgan fingerprint density at radius 1 is 1.29 bits per heavy atom. The summed E-state index contributed by atoms with van der Waals surface area (Å²) < 4.78 is 37.6. The summed E-state index contributed by atoms with van der Waals surface area (Å²) in [6.45, 7) is 0. The van der Waals surface area contributed by atoms with Gasteiger partial charge in [-0.3, -0.25) is 0 Å². The van der Waals surface area contributed by atoms with E-state index in [1.54, 1.807) is 0 Å². The Bertz CT molecular complexity index is 439. The number of nitrogens with two attached hydrogens (primary N) is 2. The molecule has 0 spiro atoms. The predicted molar refractivity (Wildman–Crippen MR) is 58.0 cm³/mol. The van der Waals surface area contributed by atoms with E-state index in [1.807, 2.05) is 0 Å². The summed E-state index contributed by atoms with van der Waals surface area (Å²) in [4.78, 5) is 0. The standard InChI is InChI=1S/C9H10F3N5/c10-9(11,12)7-4-2-1-3-6(7)5-15-17-8(13)16-14/h1-5H,14H2,(H3,13,16,17)/b15-5+. The fourth-order valence-corrected chi connectivity index (χ4v) is 1.06. The van der Waals surface area contributed by atoms with Gasteiger partial charge in [0, 0.05) is 5.56 Å². The number of alkyl halides is 3. The molecular formula is C9H10F3N5. The zero-order valence-corrected chi connectivity index (χ0v) is 8.57. The summed E-state index contributed by atoms with van der Waals surface area (Å²) in [6.07, 6.45) is -3.45. The van der Waals surface area contributed by atoms with E-state index in [1.165, 1.54) is 18.2 Å². The summed E-state index contributed by atoms with van der Waals surface area (Å²) in [7, 11) is 0. The lowest BCUT2D eigenvalue weighted by atomic mass is 10.1. The lowest BCUT2D eigenvalue weighted by molar-refractivity contribution is -0.137. The molecule has 17 heavy (non-hydrogen) atoms. The van der Waals surface area contributed by atoms with Gasteiger partial charge in [0.25, 0.3) is 0 Å². The van der Waals surface area contributed by atoms with E-state index in [0.29, 0.717) is 0 Å². The number of hydrogen-bond donors (Lipinski definition) is 3. The number of rotatable bonds is 2. The van der Waals surface area contributed by atoms with Gasteiger partial charge in [-0.05, 0) is 6.07 Å². The molecule has 5 nitrogen and oxygen atoms in total. The van der Waals surface area contributed by atoms with Crippen LogP contribution in [-0.4, -0.2) is 12.2 Å². The van der Waals surface area contributed by atoms with Crippen LogP contribution in [0.25, 0.3) is 0 Å². The highest BCUT2D eigenvalue weighted by Crippen LogP contribution is 2.30. The van der Waals surface area contributed by atoms with E-state index in [2.05, 4.69) is 15.6 Å². The van der Waals surface area contributed by atoms with E-state index in [-0.39, 0.29) is 11.5 Å². The Hall–Kier alpha value is -2.25. The van der Waals surface area contributed by atoms with Crippen LogP contribution < -0.4 is 17.0 Å². The Balaban J connectivity index is 2.92. The third-order valence-corrected chi connectivity index (χ3v) is 1.79. The summed E-state index contributed by atoms with van der Waals surface area (Å²) in [5, 5.41) is 6.51. The first-order valence-corrected chi connectivity index (χ1v) is 4.44. The second-order valence-corrected chi connectivity index (χ2v) is 2.97. The summed E-state index contributed by atoms with van der Waals surface area (Å²) in [5.74, 6) is 4.59. The van der Waals surface area contributed by atoms with Crippen LogP contribution >= 0.6 is 0 Å². The quantitative estimate of drug-likeness (QED) is 0.312. The van der Waals surface area contributed by atoms with E-state index < -0.39 is 11.7 Å². The van der Waals surface area contributed by atoms with Crippen molar-refractivity contribution in [3.8, 4) is 0 Å². The fraction of sp³-hybridized carbons (Fsp3) is 0.111. The van der Waals surface area contributed by atoms with Crippen LogP contribution in [0.5, 0.6) is 0 Å². The average molecular weight is 245 g/mol. The summed E-state index contributed by atoms with van der Waals surface area (Å²) in [6, 6.07) is 5.01. The zero-order valence-electron chi connectivity index (χ0n) is 8.57. The molecule has 0 saturated carbocycles. The number of halogens is 3. The molecule has 0 bridgehead atoms. The molecule has 0 aliphatic rings. The molecule has 0 amide bonds. The van der Waals surface area contributed by atoms with Crippen LogP contribution in [0, 0.1) is 0 Å². The molecule has 0 unspecified atom stereocenters. The fourth-order valence-electron chi connectivity index (χ4n) is 1.06. The first kappa shape index (κ1) is 12.8. The predicted octanol–water partition coefficient (Wildman–Crippen LogP) is 0.817. The van der Waals surface area contributed by atoms with Gasteiger partial charge < -0.3 is 11.6 Å². The van der Waals surface area contributed by atoms with Crippen molar-refractivity contribution < 1.29 is 13.2 Å². The van der Waals surface area contributed by atoms with Gasteiger partial charge in [0.05, 0.1) is 11.8 Å². The van der Waals surface area contributed by atoms with Crippen LogP contribution in [0.1, 0.15) is 11.1 Å². The lowest BCUT2D eigenvalue weighted by Crippen LogP contribution is -2.28. The molecule has 0 radical (unpaired) electrons. The largest absolute Gasteiger partial charge is 0.417 e. The van der Waals surface area contributed by atoms with Crippen molar-refractivity contribution >= 4 is 12.2 Å². The molecule has 1 aromatic rings. The number of nitrogens with zero attached hydrogens (tertiary/aromatic N) is 2. The van der Waals surface area contributed by atoms with Crippen molar-refractivity contribution in [1.29, 1.82) is 0 Å². The van der Waals surface area contributed by atoms with Crippen molar-refractivity contribution in [1.82, 2.24) is 5.43 Å². The molecular weight excluding hydrogens is 235 g/mol. The first-order chi connectivity index (χ1) is 7.95. The van der Waals surface area contributed by atoms with Gasteiger partial charge in [-0.25, -0.2) is 5.43 Å². The van der Waals surface area contributed by atoms with E-state index in [9.17, 15) is 13.2 Å². The molecule has 0 aliphatic heterocycles. The van der Waals surface area contributed by atoms with Gasteiger partial charge >= 0.3 is 6.18 Å². The number of guanidine groups is 1. The highest BCUT2D eigenvalue weighted by molar-refractivity contribution is 5.84. The Kier molecular flexibility index (Phi) is 3.91. The lowest BCUT2D eigenvalue weighted by Gasteiger charge is -2.09. The van der Waals surface area contributed by atoms with E-state index in [0.717, 1.165) is 12.3 Å². The molecule has 0 atom stereocenters. The van der Waals surface area contributed by atoms with Crippen molar-refractivity contribution in [2.24, 2.45) is 21.8 Å². The van der Waals surface area contributed by atoms with Crippen molar-refractivity contribution in [3.63, 3.8) is 0 Å². The summed E-state index contributed by atoms with van der Waals surface area (Å²) in [5.41, 5.74) is 6.43. The van der Waals surface area contributed by atoms with Crippen LogP contribution in [0.15, 0.2) is 34.5 Å². The maximum atomic E-state index is 12.5. The average Bonchev–Trinajstić information content (AvgIpc) is 2.28. The third kappa shape index (κ3) is 3.67. The van der Waals surface area contributed by atoms with E-state index in [4.69, 9.17) is 11.6 Å². The first-order valence-electron chi connectivity index (χ1n) is 4.44. The van der Waals surface area contributed by atoms with Crippen molar-refractivity contribution in [3.05, 3.63) is 35.4 Å². The molecule has 0 heterocycles. The number of nitrogens with one attached hydrogen (secondary N) is 1. The topological polar surface area (TPSA) is 88.8 Å². The zero-order chi connectivity index (χ0) is 12.9. The smallest absolute Gasteiger partial charge is 0.367 e. The Morgan fingerprint density at radius 2 is 1.94 bits per heavy atom.